The van der Waals surface area contributed by atoms with E-state index >= 15 is 0 Å². The first kappa shape index (κ1) is 28.6. The first-order chi connectivity index (χ1) is 18.1. The highest BCUT2D eigenvalue weighted by molar-refractivity contribution is 6.18. The van der Waals surface area contributed by atoms with Crippen LogP contribution in [0.5, 0.6) is 5.88 Å². The SMILES string of the molecule is COC(=O)c1c(OCC2CCCO2)n(C2(C)CC2)c2ncnc(N(C(=O)OC(C)(C)C)C(=O)OC(C)(C)C)c12. The van der Waals surface area contributed by atoms with E-state index in [0.29, 0.717) is 17.2 Å². The molecule has 1 unspecified atom stereocenters. The van der Waals surface area contributed by atoms with E-state index in [4.69, 9.17) is 23.7 Å². The van der Waals surface area contributed by atoms with E-state index in [1.165, 1.54) is 13.4 Å². The fourth-order valence-corrected chi connectivity index (χ4v) is 4.39. The Morgan fingerprint density at radius 3 is 2.18 bits per heavy atom. The second-order valence-corrected chi connectivity index (χ2v) is 12.1. The number of imide groups is 1. The Hall–Kier alpha value is -3.41. The smallest absolute Gasteiger partial charge is 0.425 e. The van der Waals surface area contributed by atoms with Crippen molar-refractivity contribution in [2.24, 2.45) is 0 Å². The molecule has 2 fully saturated rings. The van der Waals surface area contributed by atoms with Gasteiger partial charge in [0, 0.05) is 12.1 Å². The van der Waals surface area contributed by atoms with E-state index in [1.807, 2.05) is 11.5 Å². The Morgan fingerprint density at radius 1 is 1.08 bits per heavy atom. The van der Waals surface area contributed by atoms with E-state index in [-0.39, 0.29) is 35.4 Å². The third kappa shape index (κ3) is 6.10. The summed E-state index contributed by atoms with van der Waals surface area (Å²) in [7, 11) is 1.25. The Bertz CT molecular complexity index is 1240. The lowest BCUT2D eigenvalue weighted by Gasteiger charge is -2.28. The molecule has 1 aliphatic heterocycles. The Balaban J connectivity index is 1.96. The number of ether oxygens (including phenoxy) is 5. The molecule has 1 saturated heterocycles. The van der Waals surface area contributed by atoms with Crippen molar-refractivity contribution in [3.8, 4) is 5.88 Å². The minimum Gasteiger partial charge on any atom is -0.475 e. The van der Waals surface area contributed by atoms with Crippen LogP contribution in [0.25, 0.3) is 11.0 Å². The molecule has 0 bridgehead atoms. The van der Waals surface area contributed by atoms with Gasteiger partial charge in [-0.1, -0.05) is 0 Å². The van der Waals surface area contributed by atoms with Crippen LogP contribution in [0.2, 0.25) is 0 Å². The lowest BCUT2D eigenvalue weighted by molar-refractivity contribution is 0.0427. The molecular weight excluding hydrogens is 508 g/mol. The van der Waals surface area contributed by atoms with Crippen LogP contribution in [0.15, 0.2) is 6.33 Å². The summed E-state index contributed by atoms with van der Waals surface area (Å²) in [5, 5.41) is 0.122. The van der Waals surface area contributed by atoms with Crippen molar-refractivity contribution in [3.63, 3.8) is 0 Å². The van der Waals surface area contributed by atoms with E-state index < -0.39 is 34.9 Å². The largest absolute Gasteiger partial charge is 0.475 e. The van der Waals surface area contributed by atoms with E-state index in [9.17, 15) is 14.4 Å². The molecule has 4 rings (SSSR count). The highest BCUT2D eigenvalue weighted by Gasteiger charge is 2.46. The number of carbonyl (C=O) groups is 3. The van der Waals surface area contributed by atoms with Gasteiger partial charge in [-0.05, 0) is 74.1 Å². The number of aromatic nitrogens is 3. The Morgan fingerprint density at radius 2 is 1.69 bits per heavy atom. The van der Waals surface area contributed by atoms with E-state index in [1.54, 1.807) is 41.5 Å². The van der Waals surface area contributed by atoms with Crippen LogP contribution in [0.3, 0.4) is 0 Å². The molecule has 0 aromatic carbocycles. The standard InChI is InChI=1S/C27H38N4O8/c1-25(2,3)38-23(33)30(24(34)39-26(4,5)6)19-17-18(22(32)35-8)21(37-14-16-10-9-13-36-16)31(27(7)11-12-27)20(17)29-15-28-19/h15-16H,9-14H2,1-8H3. The predicted octanol–water partition coefficient (Wildman–Crippen LogP) is 4.96. The zero-order valence-corrected chi connectivity index (χ0v) is 24.0. The van der Waals surface area contributed by atoms with Crippen LogP contribution < -0.4 is 9.64 Å². The van der Waals surface area contributed by atoms with Crippen molar-refractivity contribution in [2.75, 3.05) is 25.2 Å². The summed E-state index contributed by atoms with van der Waals surface area (Å²) in [5.41, 5.74) is -1.94. The van der Waals surface area contributed by atoms with Crippen molar-refractivity contribution >= 4 is 35.0 Å². The van der Waals surface area contributed by atoms with Crippen LogP contribution in [0, 0.1) is 0 Å². The molecule has 12 heteroatoms. The number of fused-ring (bicyclic) bond motifs is 1. The maximum atomic E-state index is 13.5. The number of hydrogen-bond acceptors (Lipinski definition) is 10. The molecule has 3 heterocycles. The van der Waals surface area contributed by atoms with Crippen LogP contribution in [0.4, 0.5) is 15.4 Å². The number of carbonyl (C=O) groups excluding carboxylic acids is 3. The van der Waals surface area contributed by atoms with Gasteiger partial charge in [0.2, 0.25) is 5.88 Å². The number of methoxy groups -OCH3 is 1. The third-order valence-electron chi connectivity index (χ3n) is 6.38. The average molecular weight is 547 g/mol. The fraction of sp³-hybridized carbons (Fsp3) is 0.667. The van der Waals surface area contributed by atoms with Crippen LogP contribution in [-0.2, 0) is 24.5 Å². The highest BCUT2D eigenvalue weighted by atomic mass is 16.6. The quantitative estimate of drug-likeness (QED) is 0.362. The molecule has 39 heavy (non-hydrogen) atoms. The molecule has 1 atom stereocenters. The summed E-state index contributed by atoms with van der Waals surface area (Å²) in [6.45, 7) is 12.9. The zero-order valence-electron chi connectivity index (χ0n) is 24.0. The molecule has 2 aliphatic rings. The van der Waals surface area contributed by atoms with Gasteiger partial charge in [0.25, 0.3) is 0 Å². The van der Waals surface area contributed by atoms with E-state index in [2.05, 4.69) is 9.97 Å². The summed E-state index contributed by atoms with van der Waals surface area (Å²) in [5.74, 6) is -0.675. The fourth-order valence-electron chi connectivity index (χ4n) is 4.39. The predicted molar refractivity (Wildman–Crippen MR) is 141 cm³/mol. The second-order valence-electron chi connectivity index (χ2n) is 12.1. The van der Waals surface area contributed by atoms with Gasteiger partial charge in [-0.25, -0.2) is 24.4 Å². The average Bonchev–Trinajstić information content (AvgIpc) is 3.21. The number of anilines is 1. The minimum atomic E-state index is -1.01. The Labute approximate surface area is 227 Å². The third-order valence-corrected chi connectivity index (χ3v) is 6.38. The minimum absolute atomic E-state index is 0.00587. The number of esters is 1. The molecule has 1 saturated carbocycles. The molecule has 0 radical (unpaired) electrons. The summed E-state index contributed by atoms with van der Waals surface area (Å²) < 4.78 is 30.1. The van der Waals surface area contributed by atoms with E-state index in [0.717, 1.165) is 25.7 Å². The van der Waals surface area contributed by atoms with Crippen LogP contribution >= 0.6 is 0 Å². The topological polar surface area (TPSA) is 131 Å². The van der Waals surface area contributed by atoms with Crippen molar-refractivity contribution in [1.29, 1.82) is 0 Å². The Kier molecular flexibility index (Phi) is 7.54. The molecule has 2 aromatic heterocycles. The number of hydrogen-bond donors (Lipinski definition) is 0. The molecular formula is C27H38N4O8. The van der Waals surface area contributed by atoms with Gasteiger partial charge in [-0.2, -0.15) is 4.90 Å². The highest BCUT2D eigenvalue weighted by Crippen LogP contribution is 2.50. The van der Waals surface area contributed by atoms with Gasteiger partial charge in [-0.15, -0.1) is 0 Å². The maximum Gasteiger partial charge on any atom is 0.425 e. The summed E-state index contributed by atoms with van der Waals surface area (Å²) in [6, 6.07) is 0. The van der Waals surface area contributed by atoms with Gasteiger partial charge in [0.15, 0.2) is 5.82 Å². The van der Waals surface area contributed by atoms with Gasteiger partial charge in [0.1, 0.15) is 35.3 Å². The normalized spacial score (nSPS) is 18.5. The van der Waals surface area contributed by atoms with Crippen LogP contribution in [0.1, 0.15) is 84.5 Å². The van der Waals surface area contributed by atoms with Gasteiger partial charge in [0.05, 0.1) is 18.6 Å². The first-order valence-corrected chi connectivity index (χ1v) is 13.1. The summed E-state index contributed by atoms with van der Waals surface area (Å²) in [4.78, 5) is 49.7. The second kappa shape index (κ2) is 10.3. The molecule has 2 aromatic rings. The zero-order chi connectivity index (χ0) is 28.8. The van der Waals surface area contributed by atoms with Crippen molar-refractivity contribution in [2.45, 2.75) is 97.0 Å². The lowest BCUT2D eigenvalue weighted by Crippen LogP contribution is -2.44. The van der Waals surface area contributed by atoms with Crippen molar-refractivity contribution in [1.82, 2.24) is 14.5 Å². The number of nitrogens with zero attached hydrogens (tertiary/aromatic N) is 4. The molecule has 1 aliphatic carbocycles. The van der Waals surface area contributed by atoms with Gasteiger partial charge >= 0.3 is 18.2 Å². The molecule has 2 amide bonds. The number of rotatable bonds is 6. The van der Waals surface area contributed by atoms with Crippen LogP contribution in [-0.4, -0.2) is 70.3 Å². The lowest BCUT2D eigenvalue weighted by atomic mass is 10.2. The molecule has 0 N–H and O–H groups in total. The van der Waals surface area contributed by atoms with Gasteiger partial charge in [-0.3, -0.25) is 4.57 Å². The summed E-state index contributed by atoms with van der Waals surface area (Å²) >= 11 is 0. The molecule has 12 nitrogen and oxygen atoms in total. The van der Waals surface area contributed by atoms with Gasteiger partial charge < -0.3 is 23.7 Å². The summed E-state index contributed by atoms with van der Waals surface area (Å²) in [6.07, 6.45) is 2.46. The molecule has 0 spiro atoms. The van der Waals surface area contributed by atoms with Crippen molar-refractivity contribution in [3.05, 3.63) is 11.9 Å². The molecule has 214 valence electrons. The first-order valence-electron chi connectivity index (χ1n) is 13.1. The monoisotopic (exact) mass is 546 g/mol. The maximum absolute atomic E-state index is 13.5. The van der Waals surface area contributed by atoms with Crippen molar-refractivity contribution < 1.29 is 38.1 Å². The number of amides is 2.